The van der Waals surface area contributed by atoms with Crippen LogP contribution in [-0.4, -0.2) is 23.3 Å². The summed E-state index contributed by atoms with van der Waals surface area (Å²) in [5, 5.41) is 3.65. The first-order valence-electron chi connectivity index (χ1n) is 11.0. The minimum absolute atomic E-state index is 0.106. The zero-order valence-electron chi connectivity index (χ0n) is 18.3. The monoisotopic (exact) mass is 448 g/mol. The first kappa shape index (κ1) is 23.6. The highest BCUT2D eigenvalue weighted by atomic mass is 35.5. The molecular weight excluding hydrogens is 420 g/mol. The highest BCUT2D eigenvalue weighted by Gasteiger charge is 2.31. The number of hydrogen-bond donors (Lipinski definition) is 1. The van der Waals surface area contributed by atoms with Gasteiger partial charge < -0.3 is 10.2 Å². The molecule has 166 valence electrons. The maximum absolute atomic E-state index is 13.6. The van der Waals surface area contributed by atoms with Crippen molar-refractivity contribution < 1.29 is 9.59 Å². The number of hydrogen-bond acceptors (Lipinski definition) is 2. The molecule has 5 heteroatoms. The number of carbonyl (C=O) groups excluding carboxylic acids is 2. The fourth-order valence-corrected chi connectivity index (χ4v) is 3.70. The molecule has 0 unspecified atom stereocenters. The second-order valence-corrected chi connectivity index (χ2v) is 8.20. The lowest BCUT2D eigenvalue weighted by atomic mass is 10.0. The summed E-state index contributed by atoms with van der Waals surface area (Å²) in [6.45, 7) is 2.97. The van der Waals surface area contributed by atoms with E-state index in [2.05, 4.69) is 12.2 Å². The van der Waals surface area contributed by atoms with Crippen LogP contribution in [0.15, 0.2) is 84.9 Å². The quantitative estimate of drug-likeness (QED) is 0.412. The summed E-state index contributed by atoms with van der Waals surface area (Å²) in [4.78, 5) is 28.6. The van der Waals surface area contributed by atoms with E-state index < -0.39 is 6.04 Å². The van der Waals surface area contributed by atoms with Crippen LogP contribution >= 0.6 is 11.6 Å². The summed E-state index contributed by atoms with van der Waals surface area (Å²) in [7, 11) is 0. The molecular formula is C27H29ClN2O2. The number of unbranched alkanes of at least 4 members (excludes halogenated alkanes) is 1. The molecule has 0 aliphatic carbocycles. The first-order valence-corrected chi connectivity index (χ1v) is 11.4. The standard InChI is InChI=1S/C27H29ClN2O2/c1-2-3-18-29-27(32)26(23-12-8-5-9-13-23)30(20-22-14-16-24(28)17-15-22)25(31)19-21-10-6-4-7-11-21/h4-17,26H,2-3,18-20H2,1H3,(H,29,32)/t26-/m0/s1. The number of nitrogens with one attached hydrogen (secondary N) is 1. The first-order chi connectivity index (χ1) is 15.6. The molecule has 1 atom stereocenters. The molecule has 0 saturated carbocycles. The number of halogens is 1. The molecule has 0 spiro atoms. The average molecular weight is 449 g/mol. The van der Waals surface area contributed by atoms with Gasteiger partial charge in [-0.1, -0.05) is 97.7 Å². The van der Waals surface area contributed by atoms with E-state index in [9.17, 15) is 9.59 Å². The van der Waals surface area contributed by atoms with E-state index in [4.69, 9.17) is 11.6 Å². The van der Waals surface area contributed by atoms with Crippen molar-refractivity contribution in [2.24, 2.45) is 0 Å². The number of benzene rings is 3. The minimum atomic E-state index is -0.722. The fourth-order valence-electron chi connectivity index (χ4n) is 3.58. The van der Waals surface area contributed by atoms with Gasteiger partial charge in [-0.15, -0.1) is 0 Å². The summed E-state index contributed by atoms with van der Waals surface area (Å²) in [5.41, 5.74) is 2.62. The van der Waals surface area contributed by atoms with E-state index in [1.165, 1.54) is 0 Å². The summed E-state index contributed by atoms with van der Waals surface area (Å²) in [5.74, 6) is -0.273. The molecule has 0 fully saturated rings. The van der Waals surface area contributed by atoms with Crippen molar-refractivity contribution >= 4 is 23.4 Å². The molecule has 0 radical (unpaired) electrons. The second-order valence-electron chi connectivity index (χ2n) is 7.77. The average Bonchev–Trinajstić information content (AvgIpc) is 2.81. The molecule has 4 nitrogen and oxygen atoms in total. The van der Waals surface area contributed by atoms with Gasteiger partial charge in [0.25, 0.3) is 0 Å². The van der Waals surface area contributed by atoms with Crippen LogP contribution in [0.4, 0.5) is 0 Å². The third kappa shape index (κ3) is 6.69. The van der Waals surface area contributed by atoms with E-state index in [1.54, 1.807) is 17.0 Å². The van der Waals surface area contributed by atoms with Gasteiger partial charge in [0, 0.05) is 18.1 Å². The molecule has 0 aliphatic rings. The van der Waals surface area contributed by atoms with Gasteiger partial charge in [-0.3, -0.25) is 9.59 Å². The van der Waals surface area contributed by atoms with Crippen LogP contribution in [0.3, 0.4) is 0 Å². The summed E-state index contributed by atoms with van der Waals surface area (Å²) in [6.07, 6.45) is 2.10. The van der Waals surface area contributed by atoms with Crippen LogP contribution < -0.4 is 5.32 Å². The van der Waals surface area contributed by atoms with Crippen molar-refractivity contribution in [3.8, 4) is 0 Å². The van der Waals surface area contributed by atoms with Gasteiger partial charge >= 0.3 is 0 Å². The Bertz CT molecular complexity index is 991. The van der Waals surface area contributed by atoms with Crippen molar-refractivity contribution in [3.63, 3.8) is 0 Å². The number of nitrogens with zero attached hydrogens (tertiary/aromatic N) is 1. The smallest absolute Gasteiger partial charge is 0.247 e. The SMILES string of the molecule is CCCCNC(=O)[C@H](c1ccccc1)N(Cc1ccc(Cl)cc1)C(=O)Cc1ccccc1. The molecule has 3 aromatic rings. The third-order valence-corrected chi connectivity index (χ3v) is 5.54. The predicted octanol–water partition coefficient (Wildman–Crippen LogP) is 5.57. The molecule has 0 bridgehead atoms. The Morgan fingerprint density at radius 2 is 1.50 bits per heavy atom. The zero-order chi connectivity index (χ0) is 22.8. The molecule has 2 amide bonds. The van der Waals surface area contributed by atoms with Crippen molar-refractivity contribution in [2.45, 2.75) is 38.8 Å². The summed E-state index contributed by atoms with van der Waals surface area (Å²) < 4.78 is 0. The Morgan fingerprint density at radius 3 is 2.12 bits per heavy atom. The van der Waals surface area contributed by atoms with Gasteiger partial charge in [0.15, 0.2) is 0 Å². The number of amides is 2. The molecule has 32 heavy (non-hydrogen) atoms. The van der Waals surface area contributed by atoms with Crippen LogP contribution in [0.2, 0.25) is 5.02 Å². The second kappa shape index (κ2) is 12.1. The summed E-state index contributed by atoms with van der Waals surface area (Å²) >= 11 is 6.05. The molecule has 3 aromatic carbocycles. The largest absolute Gasteiger partial charge is 0.354 e. The van der Waals surface area contributed by atoms with Crippen molar-refractivity contribution in [1.82, 2.24) is 10.2 Å². The van der Waals surface area contributed by atoms with E-state index >= 15 is 0 Å². The van der Waals surface area contributed by atoms with Crippen molar-refractivity contribution in [2.75, 3.05) is 6.54 Å². The predicted molar refractivity (Wildman–Crippen MR) is 129 cm³/mol. The lowest BCUT2D eigenvalue weighted by Gasteiger charge is -2.32. The highest BCUT2D eigenvalue weighted by Crippen LogP contribution is 2.25. The maximum atomic E-state index is 13.6. The Hall–Kier alpha value is -3.11. The van der Waals surface area contributed by atoms with E-state index in [1.807, 2.05) is 72.8 Å². The molecule has 0 aromatic heterocycles. The highest BCUT2D eigenvalue weighted by molar-refractivity contribution is 6.30. The Balaban J connectivity index is 1.96. The lowest BCUT2D eigenvalue weighted by molar-refractivity contribution is -0.141. The van der Waals surface area contributed by atoms with Crippen LogP contribution in [-0.2, 0) is 22.6 Å². The maximum Gasteiger partial charge on any atom is 0.247 e. The number of carbonyl (C=O) groups is 2. The normalized spacial score (nSPS) is 11.6. The Kier molecular flexibility index (Phi) is 8.88. The van der Waals surface area contributed by atoms with E-state index in [0.29, 0.717) is 18.1 Å². The molecule has 0 aliphatic heterocycles. The van der Waals surface area contributed by atoms with Gasteiger partial charge in [-0.2, -0.15) is 0 Å². The minimum Gasteiger partial charge on any atom is -0.354 e. The van der Waals surface area contributed by atoms with Crippen LogP contribution in [0.1, 0.15) is 42.5 Å². The molecule has 1 N–H and O–H groups in total. The van der Waals surface area contributed by atoms with E-state index in [0.717, 1.165) is 29.5 Å². The third-order valence-electron chi connectivity index (χ3n) is 5.29. The number of rotatable bonds is 10. The molecule has 0 saturated heterocycles. The van der Waals surface area contributed by atoms with Gasteiger partial charge in [0.1, 0.15) is 6.04 Å². The molecule has 0 heterocycles. The van der Waals surface area contributed by atoms with Crippen molar-refractivity contribution in [1.29, 1.82) is 0 Å². The van der Waals surface area contributed by atoms with Crippen LogP contribution in [0, 0.1) is 0 Å². The van der Waals surface area contributed by atoms with Crippen LogP contribution in [0.25, 0.3) is 0 Å². The van der Waals surface area contributed by atoms with Gasteiger partial charge in [-0.05, 0) is 35.2 Å². The topological polar surface area (TPSA) is 49.4 Å². The Morgan fingerprint density at radius 1 is 0.875 bits per heavy atom. The van der Waals surface area contributed by atoms with Gasteiger partial charge in [0.2, 0.25) is 11.8 Å². The fraction of sp³-hybridized carbons (Fsp3) is 0.259. The van der Waals surface area contributed by atoms with Gasteiger partial charge in [-0.25, -0.2) is 0 Å². The van der Waals surface area contributed by atoms with Gasteiger partial charge in [0.05, 0.1) is 6.42 Å². The summed E-state index contributed by atoms with van der Waals surface area (Å²) in [6, 6.07) is 25.8. The lowest BCUT2D eigenvalue weighted by Crippen LogP contribution is -2.44. The van der Waals surface area contributed by atoms with Crippen molar-refractivity contribution in [3.05, 3.63) is 107 Å². The van der Waals surface area contributed by atoms with Crippen LogP contribution in [0.5, 0.6) is 0 Å². The van der Waals surface area contributed by atoms with E-state index in [-0.39, 0.29) is 18.2 Å². The molecule has 3 rings (SSSR count). The Labute approximate surface area is 195 Å². The zero-order valence-corrected chi connectivity index (χ0v) is 19.1.